The van der Waals surface area contributed by atoms with Gasteiger partial charge in [0.1, 0.15) is 5.75 Å². The summed E-state index contributed by atoms with van der Waals surface area (Å²) in [6.45, 7) is 0. The van der Waals surface area contributed by atoms with Gasteiger partial charge in [0.2, 0.25) is 5.91 Å². The Morgan fingerprint density at radius 3 is 2.50 bits per heavy atom. The van der Waals surface area contributed by atoms with Gasteiger partial charge >= 0.3 is 0 Å². The highest BCUT2D eigenvalue weighted by Gasteiger charge is 2.32. The van der Waals surface area contributed by atoms with Gasteiger partial charge in [-0.15, -0.1) is 0 Å². The predicted octanol–water partition coefficient (Wildman–Crippen LogP) is 0.883. The Morgan fingerprint density at radius 1 is 1.35 bits per heavy atom. The van der Waals surface area contributed by atoms with Gasteiger partial charge in [-0.1, -0.05) is 12.1 Å². The van der Waals surface area contributed by atoms with E-state index in [1.165, 1.54) is 0 Å². The number of carbonyl (C=O) groups excluding carboxylic acids is 1. The topological polar surface area (TPSA) is 63.7 Å². The normalized spacial score (nSPS) is 20.6. The van der Waals surface area contributed by atoms with Crippen molar-refractivity contribution >= 4 is 15.7 Å². The van der Waals surface area contributed by atoms with Crippen LogP contribution in [-0.2, 0) is 21.1 Å². The summed E-state index contributed by atoms with van der Waals surface area (Å²) in [5.41, 5.74) is 0.892. The highest BCUT2D eigenvalue weighted by atomic mass is 32.2. The summed E-state index contributed by atoms with van der Waals surface area (Å²) in [5, 5.41) is 0. The monoisotopic (exact) mass is 297 g/mol. The Morgan fingerprint density at radius 2 is 2.00 bits per heavy atom. The molecule has 1 aliphatic rings. The lowest BCUT2D eigenvalue weighted by Gasteiger charge is -2.23. The second kappa shape index (κ2) is 5.83. The highest BCUT2D eigenvalue weighted by Crippen LogP contribution is 2.18. The Labute approximate surface area is 119 Å². The van der Waals surface area contributed by atoms with Crippen LogP contribution in [0.2, 0.25) is 0 Å². The average molecular weight is 297 g/mol. The van der Waals surface area contributed by atoms with E-state index in [-0.39, 0.29) is 29.9 Å². The van der Waals surface area contributed by atoms with Crippen molar-refractivity contribution in [3.8, 4) is 5.75 Å². The fourth-order valence-electron chi connectivity index (χ4n) is 2.33. The van der Waals surface area contributed by atoms with Crippen molar-refractivity contribution < 1.29 is 17.9 Å². The Kier molecular flexibility index (Phi) is 4.32. The van der Waals surface area contributed by atoms with Gasteiger partial charge in [-0.3, -0.25) is 4.79 Å². The molecule has 1 saturated heterocycles. The number of carbonyl (C=O) groups is 1. The van der Waals surface area contributed by atoms with Crippen molar-refractivity contribution in [2.45, 2.75) is 18.9 Å². The van der Waals surface area contributed by atoms with Gasteiger partial charge in [0.05, 0.1) is 25.0 Å². The van der Waals surface area contributed by atoms with Gasteiger partial charge in [-0.25, -0.2) is 8.42 Å². The molecular formula is C14H19NO4S. The quantitative estimate of drug-likeness (QED) is 0.828. The zero-order chi connectivity index (χ0) is 14.8. The first kappa shape index (κ1) is 14.8. The van der Waals surface area contributed by atoms with E-state index in [9.17, 15) is 13.2 Å². The predicted molar refractivity (Wildman–Crippen MR) is 76.5 cm³/mol. The van der Waals surface area contributed by atoms with Crippen molar-refractivity contribution in [2.75, 3.05) is 25.7 Å². The molecule has 0 N–H and O–H groups in total. The minimum atomic E-state index is -2.97. The smallest absolute Gasteiger partial charge is 0.227 e. The first-order chi connectivity index (χ1) is 9.41. The van der Waals surface area contributed by atoms with Crippen LogP contribution in [0.4, 0.5) is 0 Å². The summed E-state index contributed by atoms with van der Waals surface area (Å²) in [6.07, 6.45) is 0.810. The zero-order valence-electron chi connectivity index (χ0n) is 11.7. The molecule has 0 saturated carbocycles. The van der Waals surface area contributed by atoms with Crippen LogP contribution in [0.3, 0.4) is 0 Å². The standard InChI is InChI=1S/C14H19NO4S/c1-15(12-7-8-20(17,18)10-12)14(16)9-11-3-5-13(19-2)6-4-11/h3-6,12H,7-10H2,1-2H3/t12-/m0/s1. The number of hydrogen-bond donors (Lipinski definition) is 0. The van der Waals surface area contributed by atoms with Crippen molar-refractivity contribution in [1.29, 1.82) is 0 Å². The van der Waals surface area contributed by atoms with Gasteiger partial charge in [0.25, 0.3) is 0 Å². The van der Waals surface area contributed by atoms with Gasteiger partial charge in [0.15, 0.2) is 9.84 Å². The van der Waals surface area contributed by atoms with Crippen LogP contribution in [0.1, 0.15) is 12.0 Å². The molecule has 110 valence electrons. The van der Waals surface area contributed by atoms with Crippen LogP contribution in [0.15, 0.2) is 24.3 Å². The molecule has 2 rings (SSSR count). The third-order valence-electron chi connectivity index (χ3n) is 3.66. The van der Waals surface area contributed by atoms with Gasteiger partial charge in [-0.05, 0) is 24.1 Å². The van der Waals surface area contributed by atoms with Gasteiger partial charge in [-0.2, -0.15) is 0 Å². The van der Waals surface area contributed by atoms with Crippen molar-refractivity contribution in [3.63, 3.8) is 0 Å². The Bertz CT molecular complexity index is 580. The van der Waals surface area contributed by atoms with E-state index in [0.29, 0.717) is 6.42 Å². The molecule has 1 aromatic carbocycles. The number of nitrogens with zero attached hydrogens (tertiary/aromatic N) is 1. The van der Waals surface area contributed by atoms with E-state index < -0.39 is 9.84 Å². The van der Waals surface area contributed by atoms with Crippen molar-refractivity contribution in [1.82, 2.24) is 4.90 Å². The van der Waals surface area contributed by atoms with Gasteiger partial charge in [0, 0.05) is 13.1 Å². The summed E-state index contributed by atoms with van der Waals surface area (Å²) in [4.78, 5) is 13.7. The fourth-order valence-corrected chi connectivity index (χ4v) is 4.10. The lowest BCUT2D eigenvalue weighted by molar-refractivity contribution is -0.130. The second-order valence-corrected chi connectivity index (χ2v) is 7.32. The second-order valence-electron chi connectivity index (χ2n) is 5.09. The van der Waals surface area contributed by atoms with E-state index in [0.717, 1.165) is 11.3 Å². The van der Waals surface area contributed by atoms with Crippen LogP contribution >= 0.6 is 0 Å². The summed E-state index contributed by atoms with van der Waals surface area (Å²) >= 11 is 0. The third kappa shape index (κ3) is 3.50. The minimum absolute atomic E-state index is 0.0581. The van der Waals surface area contributed by atoms with E-state index >= 15 is 0 Å². The molecule has 0 unspecified atom stereocenters. The summed E-state index contributed by atoms with van der Waals surface area (Å²) < 4.78 is 28.0. The number of amides is 1. The Hall–Kier alpha value is -1.56. The molecule has 20 heavy (non-hydrogen) atoms. The number of ether oxygens (including phenoxy) is 1. The van der Waals surface area contributed by atoms with Crippen LogP contribution in [0, 0.1) is 0 Å². The molecule has 1 amide bonds. The molecule has 5 nitrogen and oxygen atoms in total. The number of benzene rings is 1. The lowest BCUT2D eigenvalue weighted by Crippen LogP contribution is -2.38. The van der Waals surface area contributed by atoms with E-state index in [1.807, 2.05) is 24.3 Å². The van der Waals surface area contributed by atoms with E-state index in [4.69, 9.17) is 4.74 Å². The fraction of sp³-hybridized carbons (Fsp3) is 0.500. The summed E-state index contributed by atoms with van der Waals surface area (Å²) in [6, 6.07) is 7.11. The molecule has 0 aliphatic carbocycles. The van der Waals surface area contributed by atoms with Crippen LogP contribution < -0.4 is 4.74 Å². The van der Waals surface area contributed by atoms with Crippen LogP contribution in [0.25, 0.3) is 0 Å². The molecular weight excluding hydrogens is 278 g/mol. The summed E-state index contributed by atoms with van der Waals surface area (Å²) in [7, 11) is 0.303. The highest BCUT2D eigenvalue weighted by molar-refractivity contribution is 7.91. The molecule has 1 aromatic rings. The first-order valence-electron chi connectivity index (χ1n) is 6.50. The molecule has 0 spiro atoms. The molecule has 1 aliphatic heterocycles. The van der Waals surface area contributed by atoms with Gasteiger partial charge < -0.3 is 9.64 Å². The first-order valence-corrected chi connectivity index (χ1v) is 8.32. The maximum absolute atomic E-state index is 12.2. The molecule has 1 heterocycles. The van der Waals surface area contributed by atoms with E-state index in [2.05, 4.69) is 0 Å². The lowest BCUT2D eigenvalue weighted by atomic mass is 10.1. The molecule has 0 radical (unpaired) electrons. The maximum Gasteiger partial charge on any atom is 0.227 e. The molecule has 6 heteroatoms. The van der Waals surface area contributed by atoms with Crippen LogP contribution in [0.5, 0.6) is 5.75 Å². The maximum atomic E-state index is 12.2. The number of methoxy groups -OCH3 is 1. The Balaban J connectivity index is 1.97. The zero-order valence-corrected chi connectivity index (χ0v) is 12.5. The van der Waals surface area contributed by atoms with E-state index in [1.54, 1.807) is 19.1 Å². The number of rotatable bonds is 4. The average Bonchev–Trinajstić information content (AvgIpc) is 2.79. The third-order valence-corrected chi connectivity index (χ3v) is 5.41. The SMILES string of the molecule is COc1ccc(CC(=O)N(C)[C@H]2CCS(=O)(=O)C2)cc1. The number of sulfone groups is 1. The van der Waals surface area contributed by atoms with Crippen molar-refractivity contribution in [2.24, 2.45) is 0 Å². The summed E-state index contributed by atoms with van der Waals surface area (Å²) in [5.74, 6) is 0.948. The van der Waals surface area contributed by atoms with Crippen molar-refractivity contribution in [3.05, 3.63) is 29.8 Å². The molecule has 0 aromatic heterocycles. The molecule has 1 atom stereocenters. The minimum Gasteiger partial charge on any atom is -0.497 e. The van der Waals surface area contributed by atoms with Crippen LogP contribution in [-0.4, -0.2) is 50.9 Å². The number of hydrogen-bond acceptors (Lipinski definition) is 4. The molecule has 0 bridgehead atoms. The molecule has 1 fully saturated rings. The number of likely N-dealkylation sites (N-methyl/N-ethyl adjacent to an activating group) is 1. The largest absolute Gasteiger partial charge is 0.497 e.